The molecule has 3 amide bonds. The number of aliphatic hydroxyl groups is 1. The highest BCUT2D eigenvalue weighted by molar-refractivity contribution is 6.06. The molecule has 5 atom stereocenters. The van der Waals surface area contributed by atoms with Crippen LogP contribution in [0.4, 0.5) is 5.69 Å². The van der Waals surface area contributed by atoms with Gasteiger partial charge in [0.25, 0.3) is 5.91 Å². The van der Waals surface area contributed by atoms with E-state index >= 15 is 0 Å². The zero-order chi connectivity index (χ0) is 28.8. The van der Waals surface area contributed by atoms with Gasteiger partial charge in [-0.2, -0.15) is 0 Å². The maximum atomic E-state index is 14.5. The number of aliphatic hydroxyl groups excluding tert-OH is 1. The first kappa shape index (κ1) is 26.6. The molecule has 8 nitrogen and oxygen atoms in total. The molecular formula is C34H33N3O5. The number of nitrogens with zero attached hydrogens (tertiary/aromatic N) is 3. The van der Waals surface area contributed by atoms with Crippen molar-refractivity contribution >= 4 is 34.2 Å². The summed E-state index contributed by atoms with van der Waals surface area (Å²) in [6.45, 7) is 1.23. The molecule has 3 aromatic rings. The van der Waals surface area contributed by atoms with E-state index in [1.54, 1.807) is 14.7 Å². The molecule has 0 aromatic heterocycles. The fraction of sp³-hybridized carbons (Fsp3) is 0.324. The molecule has 2 saturated heterocycles. The zero-order valence-corrected chi connectivity index (χ0v) is 23.2. The molecule has 42 heavy (non-hydrogen) atoms. The fourth-order valence-electron chi connectivity index (χ4n) is 7.19. The van der Waals surface area contributed by atoms with Crippen molar-refractivity contribution in [3.63, 3.8) is 0 Å². The highest BCUT2D eigenvalue weighted by atomic mass is 16.5. The van der Waals surface area contributed by atoms with Gasteiger partial charge in [-0.1, -0.05) is 85.0 Å². The number of rotatable bonds is 6. The molecule has 0 saturated carbocycles. The standard InChI is InChI=1S/C34H33N3O5/c38-20-8-19-37-30-33(41)36(26-15-14-24-11-4-5-12-25(24)21-26)18-7-16-34(30)29(32(37)40)28-27(42-34)13-6-17-35(31(28)39)22-23-9-2-1-3-10-23/h1-7,9-16,21,27-30,38H,8,17-20,22H2/t27-,28+,29+,30?,34+/m1/s1. The number of amides is 3. The molecular weight excluding hydrogens is 530 g/mol. The first-order valence-electron chi connectivity index (χ1n) is 14.6. The van der Waals surface area contributed by atoms with E-state index in [0.29, 0.717) is 26.1 Å². The van der Waals surface area contributed by atoms with Crippen molar-refractivity contribution in [2.24, 2.45) is 11.8 Å². The molecule has 214 valence electrons. The van der Waals surface area contributed by atoms with Crippen LogP contribution in [0.5, 0.6) is 0 Å². The number of carbonyl (C=O) groups is 3. The third-order valence-electron chi connectivity index (χ3n) is 9.06. The quantitative estimate of drug-likeness (QED) is 0.465. The highest BCUT2D eigenvalue weighted by Gasteiger charge is 2.71. The summed E-state index contributed by atoms with van der Waals surface area (Å²) < 4.78 is 6.72. The maximum Gasteiger partial charge on any atom is 0.253 e. The molecule has 4 heterocycles. The van der Waals surface area contributed by atoms with Crippen molar-refractivity contribution < 1.29 is 24.2 Å². The van der Waals surface area contributed by atoms with Gasteiger partial charge in [-0.15, -0.1) is 0 Å². The Bertz CT molecular complexity index is 1600. The Kier molecular flexibility index (Phi) is 6.67. The predicted molar refractivity (Wildman–Crippen MR) is 158 cm³/mol. The van der Waals surface area contributed by atoms with Gasteiger partial charge in [0, 0.05) is 38.5 Å². The van der Waals surface area contributed by atoms with E-state index in [1.807, 2.05) is 97.1 Å². The van der Waals surface area contributed by atoms with Gasteiger partial charge in [-0.25, -0.2) is 0 Å². The number of hydrogen-bond donors (Lipinski definition) is 1. The lowest BCUT2D eigenvalue weighted by molar-refractivity contribution is -0.144. The third-order valence-corrected chi connectivity index (χ3v) is 9.06. The summed E-state index contributed by atoms with van der Waals surface area (Å²) in [5, 5.41) is 11.7. The number of benzene rings is 3. The molecule has 7 rings (SSSR count). The highest BCUT2D eigenvalue weighted by Crippen LogP contribution is 2.53. The van der Waals surface area contributed by atoms with Gasteiger partial charge in [-0.05, 0) is 34.9 Å². The van der Waals surface area contributed by atoms with Gasteiger partial charge < -0.3 is 24.5 Å². The summed E-state index contributed by atoms with van der Waals surface area (Å²) in [5.74, 6) is -2.29. The van der Waals surface area contributed by atoms with Crippen molar-refractivity contribution in [2.45, 2.75) is 30.7 Å². The maximum absolute atomic E-state index is 14.5. The van der Waals surface area contributed by atoms with Crippen LogP contribution < -0.4 is 4.90 Å². The number of ether oxygens (including phenoxy) is 1. The van der Waals surface area contributed by atoms with E-state index in [1.165, 1.54) is 0 Å². The summed E-state index contributed by atoms with van der Waals surface area (Å²) in [7, 11) is 0. The van der Waals surface area contributed by atoms with E-state index < -0.39 is 29.6 Å². The molecule has 0 radical (unpaired) electrons. The molecule has 2 fully saturated rings. The van der Waals surface area contributed by atoms with Gasteiger partial charge in [0.1, 0.15) is 11.6 Å². The number of likely N-dealkylation sites (tertiary alicyclic amines) is 1. The lowest BCUT2D eigenvalue weighted by Gasteiger charge is -2.35. The van der Waals surface area contributed by atoms with E-state index in [0.717, 1.165) is 22.0 Å². The van der Waals surface area contributed by atoms with Crippen LogP contribution in [0.1, 0.15) is 12.0 Å². The van der Waals surface area contributed by atoms with Crippen LogP contribution in [0.3, 0.4) is 0 Å². The zero-order valence-electron chi connectivity index (χ0n) is 23.2. The van der Waals surface area contributed by atoms with Gasteiger partial charge in [-0.3, -0.25) is 14.4 Å². The Morgan fingerprint density at radius 1 is 0.857 bits per heavy atom. The molecule has 0 bridgehead atoms. The van der Waals surface area contributed by atoms with Crippen molar-refractivity contribution in [3.05, 3.63) is 103 Å². The summed E-state index contributed by atoms with van der Waals surface area (Å²) in [5.41, 5.74) is 0.443. The second-order valence-electron chi connectivity index (χ2n) is 11.5. The molecule has 4 aliphatic rings. The van der Waals surface area contributed by atoms with Gasteiger partial charge in [0.15, 0.2) is 0 Å². The minimum atomic E-state index is -1.29. The van der Waals surface area contributed by atoms with Crippen molar-refractivity contribution in [1.29, 1.82) is 0 Å². The van der Waals surface area contributed by atoms with Crippen LogP contribution in [0.25, 0.3) is 10.8 Å². The lowest BCUT2D eigenvalue weighted by Crippen LogP contribution is -2.55. The number of hydrogen-bond acceptors (Lipinski definition) is 5. The second-order valence-corrected chi connectivity index (χ2v) is 11.5. The van der Waals surface area contributed by atoms with E-state index in [-0.39, 0.29) is 30.9 Å². The minimum Gasteiger partial charge on any atom is -0.396 e. The Morgan fingerprint density at radius 3 is 2.45 bits per heavy atom. The number of carbonyl (C=O) groups excluding carboxylic acids is 3. The summed E-state index contributed by atoms with van der Waals surface area (Å²) >= 11 is 0. The Morgan fingerprint density at radius 2 is 1.64 bits per heavy atom. The molecule has 4 aliphatic heterocycles. The molecule has 0 aliphatic carbocycles. The van der Waals surface area contributed by atoms with Crippen molar-refractivity contribution in [2.75, 3.05) is 31.1 Å². The average Bonchev–Trinajstić information content (AvgIpc) is 3.33. The molecule has 3 aromatic carbocycles. The molecule has 1 spiro atoms. The van der Waals surface area contributed by atoms with Crippen LogP contribution in [-0.4, -0.2) is 76.6 Å². The largest absolute Gasteiger partial charge is 0.396 e. The normalized spacial score (nSPS) is 28.6. The van der Waals surface area contributed by atoms with E-state index in [9.17, 15) is 19.5 Å². The molecule has 1 unspecified atom stereocenters. The number of fused-ring (bicyclic) bond motifs is 3. The van der Waals surface area contributed by atoms with E-state index in [2.05, 4.69) is 0 Å². The Balaban J connectivity index is 1.27. The first-order chi connectivity index (χ1) is 20.5. The van der Waals surface area contributed by atoms with Gasteiger partial charge >= 0.3 is 0 Å². The predicted octanol–water partition coefficient (Wildman–Crippen LogP) is 3.30. The summed E-state index contributed by atoms with van der Waals surface area (Å²) in [6, 6.07) is 22.7. The smallest absolute Gasteiger partial charge is 0.253 e. The van der Waals surface area contributed by atoms with Crippen molar-refractivity contribution in [1.82, 2.24) is 9.80 Å². The van der Waals surface area contributed by atoms with Gasteiger partial charge in [0.05, 0.1) is 17.9 Å². The summed E-state index contributed by atoms with van der Waals surface area (Å²) in [4.78, 5) is 48.0. The van der Waals surface area contributed by atoms with Crippen LogP contribution >= 0.6 is 0 Å². The van der Waals surface area contributed by atoms with Crippen LogP contribution in [-0.2, 0) is 25.7 Å². The summed E-state index contributed by atoms with van der Waals surface area (Å²) in [6.07, 6.45) is 7.25. The van der Waals surface area contributed by atoms with Crippen LogP contribution in [0.15, 0.2) is 97.1 Å². The number of anilines is 1. The van der Waals surface area contributed by atoms with Crippen molar-refractivity contribution in [3.8, 4) is 0 Å². The SMILES string of the molecule is O=C1[C@@H]2[C@H]3C(=O)N(CCCO)C4C(=O)N(c5ccc6ccccc6c5)CC=C[C@@]43O[C@@H]2C=CCN1Cc1ccccc1. The molecule has 8 heteroatoms. The average molecular weight is 564 g/mol. The first-order valence-corrected chi connectivity index (χ1v) is 14.6. The lowest BCUT2D eigenvalue weighted by atomic mass is 9.77. The minimum absolute atomic E-state index is 0.119. The Hall–Kier alpha value is -4.27. The monoisotopic (exact) mass is 563 g/mol. The van der Waals surface area contributed by atoms with E-state index in [4.69, 9.17) is 4.74 Å². The Labute approximate surface area is 244 Å². The van der Waals surface area contributed by atoms with Crippen LogP contribution in [0, 0.1) is 11.8 Å². The molecule has 1 N–H and O–H groups in total. The fourth-order valence-corrected chi connectivity index (χ4v) is 7.19. The topological polar surface area (TPSA) is 90.4 Å². The van der Waals surface area contributed by atoms with Gasteiger partial charge in [0.2, 0.25) is 11.8 Å². The second kappa shape index (κ2) is 10.5. The third kappa shape index (κ3) is 4.16. The van der Waals surface area contributed by atoms with Crippen LogP contribution in [0.2, 0.25) is 0 Å².